The zero-order valence-corrected chi connectivity index (χ0v) is 13.7. The minimum Gasteiger partial charge on any atom is -0.497 e. The number of ether oxygens (including phenoxy) is 1. The molecule has 0 amide bonds. The van der Waals surface area contributed by atoms with Crippen molar-refractivity contribution in [3.05, 3.63) is 18.2 Å². The number of amidine groups is 1. The Morgan fingerprint density at radius 3 is 2.52 bits per heavy atom. The molecule has 4 nitrogen and oxygen atoms in total. The van der Waals surface area contributed by atoms with Crippen molar-refractivity contribution in [3.8, 4) is 5.75 Å². The second kappa shape index (κ2) is 5.11. The molecule has 114 valence electrons. The Kier molecular flexibility index (Phi) is 3.54. The molecule has 4 heteroatoms. The Morgan fingerprint density at radius 2 is 1.86 bits per heavy atom. The standard InChI is InChI=1S/C17H27N3O/c1-14-18-16-8-7-15(21-4)13-17(16)20(14,3)12-11-19(2)9-5-6-10-19/h7-8,13H,5-6,9-12H2,1-4H3/q+2. The maximum absolute atomic E-state index is 5.40. The van der Waals surface area contributed by atoms with Gasteiger partial charge in [-0.15, -0.1) is 0 Å². The van der Waals surface area contributed by atoms with Gasteiger partial charge in [-0.25, -0.2) is 4.48 Å². The predicted octanol–water partition coefficient (Wildman–Crippen LogP) is 2.94. The maximum atomic E-state index is 5.40. The third-order valence-electron chi connectivity index (χ3n) is 5.44. The smallest absolute Gasteiger partial charge is 0.205 e. The number of likely N-dealkylation sites (N-methyl/N-ethyl adjacent to an activating group) is 2. The van der Waals surface area contributed by atoms with Gasteiger partial charge in [0.25, 0.3) is 0 Å². The fourth-order valence-corrected chi connectivity index (χ4v) is 3.63. The number of rotatable bonds is 4. The highest BCUT2D eigenvalue weighted by Gasteiger charge is 2.40. The molecule has 1 saturated heterocycles. The lowest BCUT2D eigenvalue weighted by Crippen LogP contribution is -2.55. The molecule has 1 unspecified atom stereocenters. The number of hydrogen-bond donors (Lipinski definition) is 0. The Labute approximate surface area is 127 Å². The second-order valence-corrected chi connectivity index (χ2v) is 6.93. The summed E-state index contributed by atoms with van der Waals surface area (Å²) in [5.41, 5.74) is 2.37. The van der Waals surface area contributed by atoms with E-state index >= 15 is 0 Å². The normalized spacial score (nSPS) is 26.6. The first kappa shape index (κ1) is 14.5. The Morgan fingerprint density at radius 1 is 1.14 bits per heavy atom. The monoisotopic (exact) mass is 289 g/mol. The van der Waals surface area contributed by atoms with E-state index in [1.54, 1.807) is 7.11 Å². The summed E-state index contributed by atoms with van der Waals surface area (Å²) in [6, 6.07) is 6.23. The molecule has 2 aliphatic rings. The van der Waals surface area contributed by atoms with Crippen molar-refractivity contribution in [2.45, 2.75) is 19.8 Å². The van der Waals surface area contributed by atoms with E-state index in [1.165, 1.54) is 48.5 Å². The zero-order chi connectivity index (χ0) is 15.1. The van der Waals surface area contributed by atoms with Crippen LogP contribution < -0.4 is 9.22 Å². The van der Waals surface area contributed by atoms with E-state index in [1.807, 2.05) is 6.07 Å². The molecule has 1 atom stereocenters. The molecule has 21 heavy (non-hydrogen) atoms. The van der Waals surface area contributed by atoms with Crippen LogP contribution >= 0.6 is 0 Å². The maximum Gasteiger partial charge on any atom is 0.205 e. The molecule has 1 fully saturated rings. The van der Waals surface area contributed by atoms with E-state index in [0.29, 0.717) is 0 Å². The third kappa shape index (κ3) is 2.47. The molecule has 0 bridgehead atoms. The van der Waals surface area contributed by atoms with Crippen LogP contribution in [0.25, 0.3) is 0 Å². The largest absolute Gasteiger partial charge is 0.497 e. The van der Waals surface area contributed by atoms with Gasteiger partial charge in [-0.2, -0.15) is 4.99 Å². The Balaban J connectivity index is 1.85. The first-order valence-corrected chi connectivity index (χ1v) is 7.90. The van der Waals surface area contributed by atoms with Crippen LogP contribution in [0.4, 0.5) is 11.4 Å². The number of methoxy groups -OCH3 is 1. The molecule has 0 saturated carbocycles. The second-order valence-electron chi connectivity index (χ2n) is 6.93. The lowest BCUT2D eigenvalue weighted by molar-refractivity contribution is -0.896. The number of fused-ring (bicyclic) bond motifs is 1. The van der Waals surface area contributed by atoms with Gasteiger partial charge in [0, 0.05) is 25.8 Å². The molecule has 0 aromatic heterocycles. The van der Waals surface area contributed by atoms with Crippen molar-refractivity contribution in [1.29, 1.82) is 0 Å². The van der Waals surface area contributed by atoms with Crippen LogP contribution in [0.15, 0.2) is 23.2 Å². The topological polar surface area (TPSA) is 21.6 Å². The molecule has 0 N–H and O–H groups in total. The number of nitrogens with zero attached hydrogens (tertiary/aromatic N) is 3. The molecular formula is C17H27N3O+2. The van der Waals surface area contributed by atoms with Crippen molar-refractivity contribution in [3.63, 3.8) is 0 Å². The average molecular weight is 289 g/mol. The third-order valence-corrected chi connectivity index (χ3v) is 5.44. The van der Waals surface area contributed by atoms with Crippen LogP contribution in [0.5, 0.6) is 5.75 Å². The molecular weight excluding hydrogens is 262 g/mol. The Bertz CT molecular complexity index is 575. The molecule has 2 heterocycles. The van der Waals surface area contributed by atoms with Crippen LogP contribution in [-0.4, -0.2) is 57.7 Å². The highest BCUT2D eigenvalue weighted by Crippen LogP contribution is 2.41. The van der Waals surface area contributed by atoms with Gasteiger partial charge in [0.2, 0.25) is 5.84 Å². The minimum atomic E-state index is 0.820. The van der Waals surface area contributed by atoms with Crippen molar-refractivity contribution >= 4 is 17.2 Å². The van der Waals surface area contributed by atoms with Crippen molar-refractivity contribution in [1.82, 2.24) is 4.48 Å². The number of aliphatic imine (C=N–C) groups is 1. The van der Waals surface area contributed by atoms with Crippen LogP contribution in [0.1, 0.15) is 19.8 Å². The average Bonchev–Trinajstić information content (AvgIpc) is 3.01. The molecule has 2 aliphatic heterocycles. The van der Waals surface area contributed by atoms with Gasteiger partial charge in [0.15, 0.2) is 5.69 Å². The summed E-state index contributed by atoms with van der Waals surface area (Å²) in [5, 5.41) is 0. The number of benzene rings is 1. The molecule has 0 aliphatic carbocycles. The van der Waals surface area contributed by atoms with Crippen molar-refractivity contribution < 1.29 is 9.22 Å². The SMILES string of the molecule is COc1ccc2c(c1)[N+](C)(CC[N+]1(C)CCCC1)C(C)=N2. The summed E-state index contributed by atoms with van der Waals surface area (Å²) in [5.74, 6) is 2.11. The molecule has 0 spiro atoms. The summed E-state index contributed by atoms with van der Waals surface area (Å²) < 4.78 is 7.43. The van der Waals surface area contributed by atoms with Gasteiger partial charge in [0.1, 0.15) is 24.5 Å². The number of likely N-dealkylation sites (tertiary alicyclic amines) is 1. The highest BCUT2D eigenvalue weighted by atomic mass is 16.5. The lowest BCUT2D eigenvalue weighted by Gasteiger charge is -2.35. The number of quaternary nitrogens is 2. The highest BCUT2D eigenvalue weighted by molar-refractivity contribution is 6.00. The van der Waals surface area contributed by atoms with Crippen LogP contribution in [0.3, 0.4) is 0 Å². The lowest BCUT2D eigenvalue weighted by atomic mass is 10.2. The molecule has 0 radical (unpaired) electrons. The summed E-state index contributed by atoms with van der Waals surface area (Å²) in [6.07, 6.45) is 2.75. The van der Waals surface area contributed by atoms with Gasteiger partial charge in [-0.3, -0.25) is 0 Å². The molecule has 1 aromatic carbocycles. The zero-order valence-electron chi connectivity index (χ0n) is 13.7. The quantitative estimate of drug-likeness (QED) is 0.781. The van der Waals surface area contributed by atoms with E-state index in [-0.39, 0.29) is 0 Å². The number of hydrogen-bond acceptors (Lipinski definition) is 2. The van der Waals surface area contributed by atoms with Gasteiger partial charge in [-0.1, -0.05) is 0 Å². The Hall–Kier alpha value is -1.39. The fourth-order valence-electron chi connectivity index (χ4n) is 3.63. The van der Waals surface area contributed by atoms with Crippen molar-refractivity contribution in [2.75, 3.05) is 47.4 Å². The summed E-state index contributed by atoms with van der Waals surface area (Å²) in [7, 11) is 6.41. The van der Waals surface area contributed by atoms with Gasteiger partial charge in [0.05, 0.1) is 34.3 Å². The van der Waals surface area contributed by atoms with Gasteiger partial charge < -0.3 is 9.22 Å². The van der Waals surface area contributed by atoms with Crippen molar-refractivity contribution in [2.24, 2.45) is 4.99 Å². The van der Waals surface area contributed by atoms with E-state index < -0.39 is 0 Å². The van der Waals surface area contributed by atoms with Gasteiger partial charge >= 0.3 is 0 Å². The minimum absolute atomic E-state index is 0.820. The summed E-state index contributed by atoms with van der Waals surface area (Å²) in [4.78, 5) is 4.77. The summed E-state index contributed by atoms with van der Waals surface area (Å²) in [6.45, 7) is 7.10. The van der Waals surface area contributed by atoms with Gasteiger partial charge in [-0.05, 0) is 12.1 Å². The van der Waals surface area contributed by atoms with Crippen LogP contribution in [0.2, 0.25) is 0 Å². The predicted molar refractivity (Wildman–Crippen MR) is 88.4 cm³/mol. The van der Waals surface area contributed by atoms with Crippen LogP contribution in [-0.2, 0) is 0 Å². The first-order valence-electron chi connectivity index (χ1n) is 7.90. The molecule has 1 aromatic rings. The first-order chi connectivity index (χ1) is 9.97. The van der Waals surface area contributed by atoms with E-state index in [4.69, 9.17) is 9.73 Å². The summed E-state index contributed by atoms with van der Waals surface area (Å²) >= 11 is 0. The molecule has 3 rings (SSSR count). The van der Waals surface area contributed by atoms with Crippen LogP contribution in [0, 0.1) is 0 Å². The van der Waals surface area contributed by atoms with E-state index in [2.05, 4.69) is 33.2 Å². The van der Waals surface area contributed by atoms with E-state index in [9.17, 15) is 0 Å². The fraction of sp³-hybridized carbons (Fsp3) is 0.588. The van der Waals surface area contributed by atoms with E-state index in [0.717, 1.165) is 22.5 Å².